The van der Waals surface area contributed by atoms with Gasteiger partial charge in [0.1, 0.15) is 11.3 Å². The van der Waals surface area contributed by atoms with Crippen LogP contribution in [0.4, 0.5) is 4.39 Å². The molecule has 0 unspecified atom stereocenters. The third kappa shape index (κ3) is 2.23. The number of hydrogen-bond donors (Lipinski definition) is 1. The fraction of sp³-hybridized carbons (Fsp3) is 0. The van der Waals surface area contributed by atoms with E-state index in [0.29, 0.717) is 22.6 Å². The number of aromatic nitrogens is 5. The summed E-state index contributed by atoms with van der Waals surface area (Å²) < 4.78 is 14.3. The molecule has 4 aromatic heterocycles. The number of pyridine rings is 2. The van der Waals surface area contributed by atoms with Crippen molar-refractivity contribution in [2.24, 2.45) is 0 Å². The Balaban J connectivity index is 1.86. The van der Waals surface area contributed by atoms with Gasteiger partial charge in [-0.05, 0) is 35.9 Å². The van der Waals surface area contributed by atoms with E-state index in [1.807, 2.05) is 24.4 Å². The predicted octanol–water partition coefficient (Wildman–Crippen LogP) is 4.37. The van der Waals surface area contributed by atoms with Crippen molar-refractivity contribution in [1.82, 2.24) is 24.9 Å². The van der Waals surface area contributed by atoms with Crippen molar-refractivity contribution >= 4 is 22.2 Å². The predicted molar refractivity (Wildman–Crippen MR) is 97.8 cm³/mol. The van der Waals surface area contributed by atoms with Crippen LogP contribution in [0.5, 0.6) is 0 Å². The van der Waals surface area contributed by atoms with Gasteiger partial charge in [-0.3, -0.25) is 4.98 Å². The first-order valence-corrected chi connectivity index (χ1v) is 8.10. The molecular formula is C20H12FN5. The summed E-state index contributed by atoms with van der Waals surface area (Å²) in [6.07, 6.45) is 6.83. The van der Waals surface area contributed by atoms with Crippen molar-refractivity contribution in [3.05, 3.63) is 73.1 Å². The topological polar surface area (TPSA) is 67.3 Å². The van der Waals surface area contributed by atoms with Crippen molar-refractivity contribution < 1.29 is 4.39 Å². The van der Waals surface area contributed by atoms with E-state index in [4.69, 9.17) is 0 Å². The van der Waals surface area contributed by atoms with Crippen molar-refractivity contribution in [2.45, 2.75) is 0 Å². The molecule has 124 valence electrons. The van der Waals surface area contributed by atoms with Gasteiger partial charge in [-0.2, -0.15) is 0 Å². The molecule has 5 nitrogen and oxygen atoms in total. The number of nitrogens with one attached hydrogen (secondary N) is 1. The number of fused-ring (bicyclic) bond motifs is 2. The van der Waals surface area contributed by atoms with Crippen LogP contribution in [0.1, 0.15) is 0 Å². The molecule has 26 heavy (non-hydrogen) atoms. The normalized spacial score (nSPS) is 11.3. The molecule has 0 saturated carbocycles. The Labute approximate surface area is 147 Å². The highest BCUT2D eigenvalue weighted by molar-refractivity contribution is 6.02. The molecule has 1 N–H and O–H groups in total. The van der Waals surface area contributed by atoms with Crippen molar-refractivity contribution in [2.75, 3.05) is 0 Å². The Morgan fingerprint density at radius 1 is 0.808 bits per heavy atom. The van der Waals surface area contributed by atoms with E-state index in [0.717, 1.165) is 22.0 Å². The second-order valence-corrected chi connectivity index (χ2v) is 5.87. The van der Waals surface area contributed by atoms with E-state index in [2.05, 4.69) is 24.9 Å². The summed E-state index contributed by atoms with van der Waals surface area (Å²) in [7, 11) is 0. The zero-order chi connectivity index (χ0) is 17.5. The highest BCUT2D eigenvalue weighted by Crippen LogP contribution is 2.34. The first-order valence-electron chi connectivity index (χ1n) is 8.10. The summed E-state index contributed by atoms with van der Waals surface area (Å²) >= 11 is 0. The van der Waals surface area contributed by atoms with Crippen LogP contribution in [-0.4, -0.2) is 24.9 Å². The molecule has 0 aliphatic rings. The number of benzene rings is 1. The number of rotatable bonds is 2. The smallest absolute Gasteiger partial charge is 0.160 e. The number of hydrogen-bond acceptors (Lipinski definition) is 4. The Morgan fingerprint density at radius 3 is 2.62 bits per heavy atom. The maximum absolute atomic E-state index is 14.3. The van der Waals surface area contributed by atoms with Gasteiger partial charge in [0.2, 0.25) is 0 Å². The van der Waals surface area contributed by atoms with E-state index < -0.39 is 0 Å². The molecule has 6 heteroatoms. The molecular weight excluding hydrogens is 329 g/mol. The van der Waals surface area contributed by atoms with Gasteiger partial charge in [0.25, 0.3) is 0 Å². The van der Waals surface area contributed by atoms with Gasteiger partial charge in [-0.1, -0.05) is 12.1 Å². The molecule has 4 heterocycles. The number of aromatic amines is 1. The monoisotopic (exact) mass is 341 g/mol. The average Bonchev–Trinajstić information content (AvgIpc) is 3.11. The van der Waals surface area contributed by atoms with Gasteiger partial charge in [0.15, 0.2) is 11.3 Å². The third-order valence-electron chi connectivity index (χ3n) is 4.33. The van der Waals surface area contributed by atoms with Gasteiger partial charge in [-0.15, -0.1) is 0 Å². The van der Waals surface area contributed by atoms with Crippen molar-refractivity contribution in [3.8, 4) is 22.4 Å². The molecule has 5 rings (SSSR count). The summed E-state index contributed by atoms with van der Waals surface area (Å²) in [5.74, 6) is -0.319. The average molecular weight is 341 g/mol. The van der Waals surface area contributed by atoms with E-state index in [1.54, 1.807) is 36.8 Å². The molecule has 0 atom stereocenters. The van der Waals surface area contributed by atoms with Gasteiger partial charge in [0, 0.05) is 41.3 Å². The quantitative estimate of drug-likeness (QED) is 0.517. The van der Waals surface area contributed by atoms with Crippen molar-refractivity contribution in [3.63, 3.8) is 0 Å². The van der Waals surface area contributed by atoms with Gasteiger partial charge >= 0.3 is 0 Å². The minimum atomic E-state index is -0.319. The van der Waals surface area contributed by atoms with Gasteiger partial charge < -0.3 is 4.98 Å². The zero-order valence-corrected chi connectivity index (χ0v) is 13.5. The SMILES string of the molecule is Fc1ccccc1-c1cc(-c2c[nH]c3nccnc23)c2cccnc2n1. The molecule has 0 saturated heterocycles. The summed E-state index contributed by atoms with van der Waals surface area (Å²) in [5.41, 5.74) is 4.74. The maximum Gasteiger partial charge on any atom is 0.160 e. The second kappa shape index (κ2) is 5.70. The molecule has 0 amide bonds. The van der Waals surface area contributed by atoms with E-state index in [-0.39, 0.29) is 5.82 Å². The van der Waals surface area contributed by atoms with Crippen LogP contribution in [0.2, 0.25) is 0 Å². The van der Waals surface area contributed by atoms with Crippen LogP contribution in [0.15, 0.2) is 67.3 Å². The van der Waals surface area contributed by atoms with Crippen LogP contribution in [-0.2, 0) is 0 Å². The first-order chi connectivity index (χ1) is 12.8. The van der Waals surface area contributed by atoms with E-state index in [9.17, 15) is 4.39 Å². The summed E-state index contributed by atoms with van der Waals surface area (Å²) in [6, 6.07) is 12.3. The van der Waals surface area contributed by atoms with Crippen LogP contribution >= 0.6 is 0 Å². The maximum atomic E-state index is 14.3. The molecule has 0 bridgehead atoms. The molecule has 1 aromatic carbocycles. The zero-order valence-electron chi connectivity index (χ0n) is 13.5. The van der Waals surface area contributed by atoms with Crippen LogP contribution in [0, 0.1) is 5.82 Å². The standard InChI is InChI=1S/C20H12FN5/c21-16-6-2-1-4-13(16)17-10-14(12-5-3-7-23-19(12)26-17)15-11-25-20-18(15)22-8-9-24-20/h1-11H,(H,24,25). The Morgan fingerprint density at radius 2 is 1.69 bits per heavy atom. The second-order valence-electron chi connectivity index (χ2n) is 5.87. The minimum absolute atomic E-state index is 0.319. The lowest BCUT2D eigenvalue weighted by Gasteiger charge is -2.09. The van der Waals surface area contributed by atoms with Crippen LogP contribution in [0.25, 0.3) is 44.6 Å². The van der Waals surface area contributed by atoms with Gasteiger partial charge in [-0.25, -0.2) is 19.3 Å². The Kier molecular flexibility index (Phi) is 3.21. The lowest BCUT2D eigenvalue weighted by molar-refractivity contribution is 0.631. The highest BCUT2D eigenvalue weighted by Gasteiger charge is 2.16. The number of halogens is 1. The Bertz CT molecular complexity index is 1260. The van der Waals surface area contributed by atoms with Crippen LogP contribution in [0.3, 0.4) is 0 Å². The molecule has 0 fully saturated rings. The number of H-pyrrole nitrogens is 1. The van der Waals surface area contributed by atoms with E-state index >= 15 is 0 Å². The number of nitrogens with zero attached hydrogens (tertiary/aromatic N) is 4. The first kappa shape index (κ1) is 14.7. The van der Waals surface area contributed by atoms with Gasteiger partial charge in [0.05, 0.1) is 5.69 Å². The molecule has 5 aromatic rings. The summed E-state index contributed by atoms with van der Waals surface area (Å²) in [4.78, 5) is 20.8. The fourth-order valence-corrected chi connectivity index (χ4v) is 3.14. The van der Waals surface area contributed by atoms with Crippen LogP contribution < -0.4 is 0 Å². The molecule has 0 radical (unpaired) electrons. The fourth-order valence-electron chi connectivity index (χ4n) is 3.14. The Hall–Kier alpha value is -3.67. The molecule has 0 spiro atoms. The largest absolute Gasteiger partial charge is 0.344 e. The molecule has 0 aliphatic heterocycles. The minimum Gasteiger partial charge on any atom is -0.344 e. The molecule has 0 aliphatic carbocycles. The summed E-state index contributed by atoms with van der Waals surface area (Å²) in [6.45, 7) is 0. The highest BCUT2D eigenvalue weighted by atomic mass is 19.1. The third-order valence-corrected chi connectivity index (χ3v) is 4.33. The lowest BCUT2D eigenvalue weighted by atomic mass is 10.0. The summed E-state index contributed by atoms with van der Waals surface area (Å²) in [5, 5.41) is 0.874. The van der Waals surface area contributed by atoms with E-state index in [1.165, 1.54) is 6.07 Å². The lowest BCUT2D eigenvalue weighted by Crippen LogP contribution is -1.93. The van der Waals surface area contributed by atoms with Crippen molar-refractivity contribution in [1.29, 1.82) is 0 Å².